The average molecular weight is 253 g/mol. The van der Waals surface area contributed by atoms with Crippen molar-refractivity contribution in [3.63, 3.8) is 0 Å². The molecule has 2 rings (SSSR count). The van der Waals surface area contributed by atoms with Gasteiger partial charge in [0.1, 0.15) is 0 Å². The Morgan fingerprint density at radius 1 is 1.05 bits per heavy atom. The number of rotatable bonds is 4. The van der Waals surface area contributed by atoms with Crippen LogP contribution in [0.15, 0.2) is 48.5 Å². The van der Waals surface area contributed by atoms with Crippen LogP contribution < -0.4 is 5.32 Å². The zero-order valence-corrected chi connectivity index (χ0v) is 11.4. The molecule has 0 fully saturated rings. The first kappa shape index (κ1) is 13.3. The molecule has 19 heavy (non-hydrogen) atoms. The predicted octanol–water partition coefficient (Wildman–Crippen LogP) is 4.20. The molecular weight excluding hydrogens is 234 g/mol. The fourth-order valence-corrected chi connectivity index (χ4v) is 2.15. The van der Waals surface area contributed by atoms with Gasteiger partial charge in [0.05, 0.1) is 0 Å². The number of amides is 1. The molecule has 0 aliphatic heterocycles. The predicted molar refractivity (Wildman–Crippen MR) is 79.6 cm³/mol. The first-order valence-corrected chi connectivity index (χ1v) is 6.67. The number of benzene rings is 2. The SMILES string of the molecule is CCCc1ccccc1NC(=O)c1ccccc1C. The van der Waals surface area contributed by atoms with Gasteiger partial charge in [-0.15, -0.1) is 0 Å². The highest BCUT2D eigenvalue weighted by Crippen LogP contribution is 2.18. The summed E-state index contributed by atoms with van der Waals surface area (Å²) in [5, 5.41) is 3.01. The molecular formula is C17H19NO. The standard InChI is InChI=1S/C17H19NO/c1-3-8-14-10-5-7-12-16(14)18-17(19)15-11-6-4-9-13(15)2/h4-7,9-12H,3,8H2,1-2H3,(H,18,19). The van der Waals surface area contributed by atoms with Crippen molar-refractivity contribution in [3.8, 4) is 0 Å². The lowest BCUT2D eigenvalue weighted by molar-refractivity contribution is 0.102. The number of anilines is 1. The van der Waals surface area contributed by atoms with Crippen molar-refractivity contribution >= 4 is 11.6 Å². The van der Waals surface area contributed by atoms with Gasteiger partial charge in [0.2, 0.25) is 0 Å². The Hall–Kier alpha value is -2.09. The second-order valence-corrected chi connectivity index (χ2v) is 4.68. The van der Waals surface area contributed by atoms with Crippen LogP contribution in [-0.2, 0) is 6.42 Å². The third-order valence-corrected chi connectivity index (χ3v) is 3.17. The van der Waals surface area contributed by atoms with Crippen LogP contribution in [0.5, 0.6) is 0 Å². The van der Waals surface area contributed by atoms with Crippen LogP contribution in [0.25, 0.3) is 0 Å². The van der Waals surface area contributed by atoms with Gasteiger partial charge in [0.25, 0.3) is 5.91 Å². The molecule has 1 amide bonds. The summed E-state index contributed by atoms with van der Waals surface area (Å²) >= 11 is 0. The van der Waals surface area contributed by atoms with Crippen molar-refractivity contribution in [2.75, 3.05) is 5.32 Å². The van der Waals surface area contributed by atoms with Crippen LogP contribution in [-0.4, -0.2) is 5.91 Å². The maximum absolute atomic E-state index is 12.3. The lowest BCUT2D eigenvalue weighted by Crippen LogP contribution is -2.14. The molecule has 0 atom stereocenters. The number of aryl methyl sites for hydroxylation is 2. The molecule has 0 radical (unpaired) electrons. The van der Waals surface area contributed by atoms with E-state index in [4.69, 9.17) is 0 Å². The van der Waals surface area contributed by atoms with E-state index in [1.54, 1.807) is 0 Å². The fraction of sp³-hybridized carbons (Fsp3) is 0.235. The smallest absolute Gasteiger partial charge is 0.255 e. The van der Waals surface area contributed by atoms with E-state index in [2.05, 4.69) is 18.3 Å². The molecule has 0 saturated carbocycles. The zero-order chi connectivity index (χ0) is 13.7. The van der Waals surface area contributed by atoms with Crippen LogP contribution in [0.3, 0.4) is 0 Å². The minimum absolute atomic E-state index is 0.0401. The van der Waals surface area contributed by atoms with Gasteiger partial charge in [-0.3, -0.25) is 4.79 Å². The number of hydrogen-bond donors (Lipinski definition) is 1. The van der Waals surface area contributed by atoms with E-state index < -0.39 is 0 Å². The minimum Gasteiger partial charge on any atom is -0.322 e. The maximum Gasteiger partial charge on any atom is 0.255 e. The van der Waals surface area contributed by atoms with Gasteiger partial charge >= 0.3 is 0 Å². The molecule has 2 aromatic rings. The Morgan fingerprint density at radius 2 is 1.74 bits per heavy atom. The van der Waals surface area contributed by atoms with Gasteiger partial charge in [-0.1, -0.05) is 49.7 Å². The van der Waals surface area contributed by atoms with Crippen molar-refractivity contribution in [1.82, 2.24) is 0 Å². The summed E-state index contributed by atoms with van der Waals surface area (Å²) < 4.78 is 0. The third-order valence-electron chi connectivity index (χ3n) is 3.17. The first-order valence-electron chi connectivity index (χ1n) is 6.67. The van der Waals surface area contributed by atoms with E-state index in [1.165, 1.54) is 5.56 Å². The largest absolute Gasteiger partial charge is 0.322 e. The summed E-state index contributed by atoms with van der Waals surface area (Å²) in [5.74, 6) is -0.0401. The second-order valence-electron chi connectivity index (χ2n) is 4.68. The van der Waals surface area contributed by atoms with E-state index in [0.29, 0.717) is 0 Å². The number of para-hydroxylation sites is 1. The van der Waals surface area contributed by atoms with Crippen molar-refractivity contribution in [3.05, 3.63) is 65.2 Å². The lowest BCUT2D eigenvalue weighted by atomic mass is 10.1. The van der Waals surface area contributed by atoms with Crippen molar-refractivity contribution in [1.29, 1.82) is 0 Å². The molecule has 0 aromatic heterocycles. The van der Waals surface area contributed by atoms with Gasteiger partial charge in [-0.25, -0.2) is 0 Å². The summed E-state index contributed by atoms with van der Waals surface area (Å²) in [4.78, 5) is 12.3. The van der Waals surface area contributed by atoms with Crippen LogP contribution in [0.1, 0.15) is 34.8 Å². The Bertz CT molecular complexity index is 575. The minimum atomic E-state index is -0.0401. The second kappa shape index (κ2) is 6.19. The highest BCUT2D eigenvalue weighted by atomic mass is 16.1. The molecule has 2 aromatic carbocycles. The molecule has 0 spiro atoms. The highest BCUT2D eigenvalue weighted by Gasteiger charge is 2.10. The van der Waals surface area contributed by atoms with Gasteiger partial charge in [-0.05, 0) is 36.6 Å². The number of hydrogen-bond acceptors (Lipinski definition) is 1. The molecule has 0 heterocycles. The summed E-state index contributed by atoms with van der Waals surface area (Å²) in [6, 6.07) is 15.6. The molecule has 2 nitrogen and oxygen atoms in total. The Kier molecular flexibility index (Phi) is 4.35. The van der Waals surface area contributed by atoms with Crippen molar-refractivity contribution in [2.24, 2.45) is 0 Å². The monoisotopic (exact) mass is 253 g/mol. The normalized spacial score (nSPS) is 10.2. The van der Waals surface area contributed by atoms with Gasteiger partial charge < -0.3 is 5.32 Å². The van der Waals surface area contributed by atoms with Gasteiger partial charge in [-0.2, -0.15) is 0 Å². The zero-order valence-electron chi connectivity index (χ0n) is 11.4. The number of carbonyl (C=O) groups is 1. The summed E-state index contributed by atoms with van der Waals surface area (Å²) in [5.41, 5.74) is 3.83. The molecule has 1 N–H and O–H groups in total. The molecule has 2 heteroatoms. The number of carbonyl (C=O) groups excluding carboxylic acids is 1. The van der Waals surface area contributed by atoms with Crippen molar-refractivity contribution in [2.45, 2.75) is 26.7 Å². The van der Waals surface area contributed by atoms with E-state index in [1.807, 2.05) is 49.4 Å². The number of nitrogens with one attached hydrogen (secondary N) is 1. The Morgan fingerprint density at radius 3 is 2.47 bits per heavy atom. The Labute approximate surface area is 114 Å². The molecule has 0 bridgehead atoms. The maximum atomic E-state index is 12.3. The van der Waals surface area contributed by atoms with Gasteiger partial charge in [0.15, 0.2) is 0 Å². The molecule has 98 valence electrons. The third kappa shape index (κ3) is 3.22. The average Bonchev–Trinajstić information content (AvgIpc) is 2.41. The van der Waals surface area contributed by atoms with E-state index in [-0.39, 0.29) is 5.91 Å². The molecule has 0 unspecified atom stereocenters. The molecule has 0 aliphatic carbocycles. The van der Waals surface area contributed by atoms with Crippen LogP contribution in [0, 0.1) is 6.92 Å². The van der Waals surface area contributed by atoms with Crippen LogP contribution in [0.2, 0.25) is 0 Å². The fourth-order valence-electron chi connectivity index (χ4n) is 2.15. The van der Waals surface area contributed by atoms with Crippen LogP contribution in [0.4, 0.5) is 5.69 Å². The highest BCUT2D eigenvalue weighted by molar-refractivity contribution is 6.05. The summed E-state index contributed by atoms with van der Waals surface area (Å²) in [7, 11) is 0. The van der Waals surface area contributed by atoms with Gasteiger partial charge in [0, 0.05) is 11.3 Å². The lowest BCUT2D eigenvalue weighted by Gasteiger charge is -2.11. The topological polar surface area (TPSA) is 29.1 Å². The first-order chi connectivity index (χ1) is 9.22. The van der Waals surface area contributed by atoms with Crippen LogP contribution >= 0.6 is 0 Å². The van der Waals surface area contributed by atoms with E-state index in [0.717, 1.165) is 29.7 Å². The molecule has 0 aliphatic rings. The Balaban J connectivity index is 2.22. The van der Waals surface area contributed by atoms with Crippen molar-refractivity contribution < 1.29 is 4.79 Å². The summed E-state index contributed by atoms with van der Waals surface area (Å²) in [6.45, 7) is 4.09. The van der Waals surface area contributed by atoms with E-state index in [9.17, 15) is 4.79 Å². The van der Waals surface area contributed by atoms with E-state index >= 15 is 0 Å². The summed E-state index contributed by atoms with van der Waals surface area (Å²) in [6.07, 6.45) is 2.04. The quantitative estimate of drug-likeness (QED) is 0.869. The molecule has 0 saturated heterocycles.